The summed E-state index contributed by atoms with van der Waals surface area (Å²) in [6.45, 7) is 6.32. The minimum absolute atomic E-state index is 0.653. The Labute approximate surface area is 179 Å². The Hall–Kier alpha value is -2.32. The third-order valence-electron chi connectivity index (χ3n) is 6.26. The van der Waals surface area contributed by atoms with E-state index in [2.05, 4.69) is 85.0 Å². The number of aryl methyl sites for hydroxylation is 2. The van der Waals surface area contributed by atoms with E-state index in [1.54, 1.807) is 0 Å². The van der Waals surface area contributed by atoms with Gasteiger partial charge in [0.1, 0.15) is 7.05 Å². The summed E-state index contributed by atoms with van der Waals surface area (Å²) >= 11 is 5.95. The molecule has 0 saturated carbocycles. The SMILES string of the molecule is CCN(CCCl)c1ccc(/C=C2\CCCc3c(C)c4ccccc4[n+](C)c32)cc1. The molecule has 0 spiro atoms. The summed E-state index contributed by atoms with van der Waals surface area (Å²) in [7, 11) is 2.22. The van der Waals surface area contributed by atoms with Crippen LogP contribution >= 0.6 is 11.6 Å². The molecule has 1 heterocycles. The summed E-state index contributed by atoms with van der Waals surface area (Å²) in [5, 5.41) is 1.37. The average molecular weight is 406 g/mol. The smallest absolute Gasteiger partial charge is 0.213 e. The van der Waals surface area contributed by atoms with Crippen LogP contribution in [0.1, 0.15) is 42.1 Å². The maximum absolute atomic E-state index is 5.95. The normalized spacial score (nSPS) is 15.0. The van der Waals surface area contributed by atoms with E-state index in [1.807, 2.05) is 0 Å². The lowest BCUT2D eigenvalue weighted by atomic mass is 9.86. The third kappa shape index (κ3) is 3.79. The van der Waals surface area contributed by atoms with Crippen LogP contribution in [0.3, 0.4) is 0 Å². The number of pyridine rings is 1. The van der Waals surface area contributed by atoms with Gasteiger partial charge in [-0.25, -0.2) is 0 Å². The number of nitrogens with zero attached hydrogens (tertiary/aromatic N) is 2. The molecule has 0 bridgehead atoms. The van der Waals surface area contributed by atoms with Gasteiger partial charge in [0.2, 0.25) is 11.2 Å². The molecule has 0 radical (unpaired) electrons. The predicted molar refractivity (Wildman–Crippen MR) is 126 cm³/mol. The molecule has 0 atom stereocenters. The van der Waals surface area contributed by atoms with Gasteiger partial charge in [-0.1, -0.05) is 24.3 Å². The fraction of sp³-hybridized carbons (Fsp3) is 0.346. The van der Waals surface area contributed by atoms with Crippen molar-refractivity contribution in [1.29, 1.82) is 0 Å². The van der Waals surface area contributed by atoms with E-state index >= 15 is 0 Å². The summed E-state index contributed by atoms with van der Waals surface area (Å²) in [5.74, 6) is 0.653. The highest BCUT2D eigenvalue weighted by atomic mass is 35.5. The lowest BCUT2D eigenvalue weighted by Gasteiger charge is -2.22. The lowest BCUT2D eigenvalue weighted by molar-refractivity contribution is -0.648. The van der Waals surface area contributed by atoms with Crippen LogP contribution in [-0.2, 0) is 13.5 Å². The third-order valence-corrected chi connectivity index (χ3v) is 6.42. The molecule has 1 aromatic heterocycles. The Morgan fingerprint density at radius 3 is 2.55 bits per heavy atom. The fourth-order valence-corrected chi connectivity index (χ4v) is 4.93. The van der Waals surface area contributed by atoms with Crippen LogP contribution in [0.5, 0.6) is 0 Å². The highest BCUT2D eigenvalue weighted by Crippen LogP contribution is 2.34. The monoisotopic (exact) mass is 405 g/mol. The highest BCUT2D eigenvalue weighted by molar-refractivity contribution is 6.18. The summed E-state index contributed by atoms with van der Waals surface area (Å²) in [4.78, 5) is 2.31. The highest BCUT2D eigenvalue weighted by Gasteiger charge is 2.27. The first-order valence-corrected chi connectivity index (χ1v) is 11.2. The van der Waals surface area contributed by atoms with Crippen LogP contribution in [0.25, 0.3) is 22.6 Å². The molecule has 4 rings (SSSR count). The maximum Gasteiger partial charge on any atom is 0.213 e. The summed E-state index contributed by atoms with van der Waals surface area (Å²) < 4.78 is 2.40. The number of hydrogen-bond donors (Lipinski definition) is 0. The van der Waals surface area contributed by atoms with Gasteiger partial charge < -0.3 is 4.90 Å². The number of anilines is 1. The van der Waals surface area contributed by atoms with Crippen molar-refractivity contribution in [3.05, 3.63) is 70.9 Å². The first-order valence-electron chi connectivity index (χ1n) is 10.7. The molecule has 0 fully saturated rings. The molecule has 29 heavy (non-hydrogen) atoms. The first-order chi connectivity index (χ1) is 14.1. The molecule has 150 valence electrons. The van der Waals surface area contributed by atoms with Crippen molar-refractivity contribution in [2.24, 2.45) is 7.05 Å². The molecule has 0 aliphatic heterocycles. The number of alkyl halides is 1. The molecular weight excluding hydrogens is 376 g/mol. The van der Waals surface area contributed by atoms with E-state index < -0.39 is 0 Å². The van der Waals surface area contributed by atoms with Gasteiger partial charge in [-0.15, -0.1) is 11.6 Å². The van der Waals surface area contributed by atoms with Crippen LogP contribution in [0.2, 0.25) is 0 Å². The second-order valence-electron chi connectivity index (χ2n) is 7.91. The number of fused-ring (bicyclic) bond motifs is 2. The Morgan fingerprint density at radius 1 is 1.07 bits per heavy atom. The minimum atomic E-state index is 0.653. The number of benzene rings is 2. The van der Waals surface area contributed by atoms with Gasteiger partial charge in [0.15, 0.2) is 0 Å². The molecule has 3 heteroatoms. The van der Waals surface area contributed by atoms with Gasteiger partial charge in [0.25, 0.3) is 0 Å². The lowest BCUT2D eigenvalue weighted by Crippen LogP contribution is -2.37. The van der Waals surface area contributed by atoms with Crippen molar-refractivity contribution in [1.82, 2.24) is 0 Å². The first kappa shape index (κ1) is 20.0. The topological polar surface area (TPSA) is 7.12 Å². The van der Waals surface area contributed by atoms with E-state index in [-0.39, 0.29) is 0 Å². The molecule has 0 unspecified atom stereocenters. The number of rotatable bonds is 5. The average Bonchev–Trinajstić information content (AvgIpc) is 2.76. The van der Waals surface area contributed by atoms with Gasteiger partial charge in [-0.05, 0) is 68.5 Å². The van der Waals surface area contributed by atoms with Gasteiger partial charge in [0.05, 0.1) is 0 Å². The summed E-state index contributed by atoms with van der Waals surface area (Å²) in [5.41, 5.74) is 9.63. The summed E-state index contributed by atoms with van der Waals surface area (Å²) in [6, 6.07) is 17.7. The Morgan fingerprint density at radius 2 is 1.83 bits per heavy atom. The van der Waals surface area contributed by atoms with E-state index in [0.29, 0.717) is 5.88 Å². The minimum Gasteiger partial charge on any atom is -0.371 e. The van der Waals surface area contributed by atoms with E-state index in [1.165, 1.54) is 57.4 Å². The molecule has 2 aromatic carbocycles. The van der Waals surface area contributed by atoms with Crippen molar-refractivity contribution in [2.75, 3.05) is 23.9 Å². The number of halogens is 1. The maximum atomic E-state index is 5.95. The quantitative estimate of drug-likeness (QED) is 0.377. The molecule has 3 aromatic rings. The molecule has 1 aliphatic carbocycles. The van der Waals surface area contributed by atoms with E-state index in [9.17, 15) is 0 Å². The zero-order valence-electron chi connectivity index (χ0n) is 17.7. The van der Waals surface area contributed by atoms with E-state index in [0.717, 1.165) is 19.5 Å². The van der Waals surface area contributed by atoms with Crippen LogP contribution in [0.4, 0.5) is 5.69 Å². The van der Waals surface area contributed by atoms with Crippen molar-refractivity contribution < 1.29 is 4.57 Å². The molecule has 0 N–H and O–H groups in total. The Kier molecular flexibility index (Phi) is 5.91. The molecule has 2 nitrogen and oxygen atoms in total. The largest absolute Gasteiger partial charge is 0.371 e. The van der Waals surface area contributed by atoms with Crippen LogP contribution in [0, 0.1) is 6.92 Å². The standard InChI is InChI=1S/C26H30ClN2/c1-4-29(17-16-27)22-14-12-20(13-15-22)18-21-8-7-10-24-19(2)23-9-5-6-11-25(23)28(3)26(21)24/h5-6,9,11-15,18H,4,7-8,10,16-17H2,1-3H3/q+1. The zero-order valence-corrected chi connectivity index (χ0v) is 18.5. The van der Waals surface area contributed by atoms with Crippen molar-refractivity contribution in [3.63, 3.8) is 0 Å². The van der Waals surface area contributed by atoms with Gasteiger partial charge >= 0.3 is 0 Å². The number of allylic oxidation sites excluding steroid dienone is 1. The van der Waals surface area contributed by atoms with Gasteiger partial charge in [-0.3, -0.25) is 0 Å². The van der Waals surface area contributed by atoms with Crippen molar-refractivity contribution >= 4 is 39.8 Å². The Balaban J connectivity index is 1.76. The molecular formula is C26H30ClN2+. The Bertz CT molecular complexity index is 1050. The van der Waals surface area contributed by atoms with Gasteiger partial charge in [0, 0.05) is 47.2 Å². The second-order valence-corrected chi connectivity index (χ2v) is 8.29. The van der Waals surface area contributed by atoms with Crippen LogP contribution < -0.4 is 9.47 Å². The summed E-state index contributed by atoms with van der Waals surface area (Å²) in [6.07, 6.45) is 5.90. The number of para-hydroxylation sites is 1. The molecule has 1 aliphatic rings. The predicted octanol–water partition coefficient (Wildman–Crippen LogP) is 5.91. The van der Waals surface area contributed by atoms with Crippen LogP contribution in [-0.4, -0.2) is 19.0 Å². The number of aromatic nitrogens is 1. The fourth-order valence-electron chi connectivity index (χ4n) is 4.73. The second kappa shape index (κ2) is 8.59. The van der Waals surface area contributed by atoms with Gasteiger partial charge in [-0.2, -0.15) is 4.57 Å². The number of hydrogen-bond acceptors (Lipinski definition) is 1. The molecule has 0 amide bonds. The van der Waals surface area contributed by atoms with Crippen LogP contribution in [0.15, 0.2) is 48.5 Å². The van der Waals surface area contributed by atoms with E-state index in [4.69, 9.17) is 11.6 Å². The van der Waals surface area contributed by atoms with Crippen molar-refractivity contribution in [3.8, 4) is 0 Å². The molecule has 0 saturated heterocycles. The zero-order chi connectivity index (χ0) is 20.4. The van der Waals surface area contributed by atoms with Crippen molar-refractivity contribution in [2.45, 2.75) is 33.1 Å².